The fourth-order valence-electron chi connectivity index (χ4n) is 2.02. The Morgan fingerprint density at radius 3 is 2.75 bits per heavy atom. The van der Waals surface area contributed by atoms with Crippen molar-refractivity contribution in [3.63, 3.8) is 0 Å². The maximum Gasteiger partial charge on any atom is 0.260 e. The number of carbonyl (C=O) groups is 1. The molecule has 0 aromatic heterocycles. The molecule has 0 bridgehead atoms. The number of rotatable bonds is 6. The summed E-state index contributed by atoms with van der Waals surface area (Å²) in [5, 5.41) is 2.13. The van der Waals surface area contributed by atoms with Gasteiger partial charge in [-0.3, -0.25) is 4.79 Å². The van der Waals surface area contributed by atoms with Gasteiger partial charge in [-0.2, -0.15) is 0 Å². The first-order valence-electron chi connectivity index (χ1n) is 6.77. The van der Waals surface area contributed by atoms with Crippen LogP contribution in [0.15, 0.2) is 42.5 Å². The summed E-state index contributed by atoms with van der Waals surface area (Å²) >= 11 is 0. The maximum absolute atomic E-state index is 11.9. The summed E-state index contributed by atoms with van der Waals surface area (Å²) in [6.45, 7) is 1.30. The van der Waals surface area contributed by atoms with Crippen molar-refractivity contribution >= 4 is 16.7 Å². The Balaban J connectivity index is 2.01. The normalized spacial score (nSPS) is 10.5. The average molecular weight is 272 g/mol. The minimum atomic E-state index is -0.0358. The van der Waals surface area contributed by atoms with Crippen LogP contribution < -0.4 is 10.5 Å². The Bertz CT molecular complexity index is 578. The van der Waals surface area contributed by atoms with Crippen LogP contribution in [0.3, 0.4) is 0 Å². The Kier molecular flexibility index (Phi) is 4.96. The lowest BCUT2D eigenvalue weighted by Gasteiger charge is -2.17. The standard InChI is InChI=1S/C16H20N2O2/c1-18(11-5-10-17)16(19)12-20-15-9-4-7-13-6-2-3-8-14(13)15/h2-4,6-9H,5,10-12,17H2,1H3. The van der Waals surface area contributed by atoms with Crippen molar-refractivity contribution in [2.45, 2.75) is 6.42 Å². The molecule has 2 aromatic rings. The molecule has 0 aliphatic heterocycles. The number of nitrogens with two attached hydrogens (primary N) is 1. The Morgan fingerprint density at radius 2 is 1.95 bits per heavy atom. The quantitative estimate of drug-likeness (QED) is 0.875. The molecule has 0 heterocycles. The smallest absolute Gasteiger partial charge is 0.260 e. The first-order valence-corrected chi connectivity index (χ1v) is 6.77. The number of hydrogen-bond donors (Lipinski definition) is 1. The van der Waals surface area contributed by atoms with E-state index in [-0.39, 0.29) is 12.5 Å². The van der Waals surface area contributed by atoms with Gasteiger partial charge in [0.15, 0.2) is 6.61 Å². The third kappa shape index (κ3) is 3.48. The van der Waals surface area contributed by atoms with Crippen LogP contribution in [0.2, 0.25) is 0 Å². The molecule has 0 atom stereocenters. The molecular formula is C16H20N2O2. The van der Waals surface area contributed by atoms with E-state index in [2.05, 4.69) is 0 Å². The summed E-state index contributed by atoms with van der Waals surface area (Å²) in [4.78, 5) is 13.6. The van der Waals surface area contributed by atoms with E-state index in [9.17, 15) is 4.79 Å². The third-order valence-electron chi connectivity index (χ3n) is 3.22. The molecule has 0 saturated heterocycles. The summed E-state index contributed by atoms with van der Waals surface area (Å²) in [5.74, 6) is 0.704. The second-order valence-electron chi connectivity index (χ2n) is 4.72. The molecule has 4 heteroatoms. The van der Waals surface area contributed by atoms with Crippen molar-refractivity contribution in [3.05, 3.63) is 42.5 Å². The molecule has 2 rings (SSSR count). The summed E-state index contributed by atoms with van der Waals surface area (Å²) in [6, 6.07) is 13.8. The number of benzene rings is 2. The van der Waals surface area contributed by atoms with Crippen molar-refractivity contribution in [1.29, 1.82) is 0 Å². The van der Waals surface area contributed by atoms with E-state index in [1.165, 1.54) is 0 Å². The lowest BCUT2D eigenvalue weighted by Crippen LogP contribution is -2.33. The number of likely N-dealkylation sites (N-methyl/N-ethyl adjacent to an activating group) is 1. The average Bonchev–Trinajstić information content (AvgIpc) is 2.50. The van der Waals surface area contributed by atoms with Crippen LogP contribution in [0.4, 0.5) is 0 Å². The van der Waals surface area contributed by atoms with E-state index in [4.69, 9.17) is 10.5 Å². The minimum Gasteiger partial charge on any atom is -0.483 e. The van der Waals surface area contributed by atoms with E-state index < -0.39 is 0 Å². The van der Waals surface area contributed by atoms with Crippen LogP contribution in [0.1, 0.15) is 6.42 Å². The predicted octanol–water partition coefficient (Wildman–Crippen LogP) is 2.03. The van der Waals surface area contributed by atoms with Gasteiger partial charge in [0.1, 0.15) is 5.75 Å². The van der Waals surface area contributed by atoms with Crippen LogP contribution in [0, 0.1) is 0 Å². The molecule has 0 spiro atoms. The highest BCUT2D eigenvalue weighted by Crippen LogP contribution is 2.24. The number of hydrogen-bond acceptors (Lipinski definition) is 3. The topological polar surface area (TPSA) is 55.6 Å². The van der Waals surface area contributed by atoms with Crippen molar-refractivity contribution < 1.29 is 9.53 Å². The molecule has 0 saturated carbocycles. The van der Waals surface area contributed by atoms with Gasteiger partial charge >= 0.3 is 0 Å². The summed E-state index contributed by atoms with van der Waals surface area (Å²) < 4.78 is 5.66. The highest BCUT2D eigenvalue weighted by atomic mass is 16.5. The highest BCUT2D eigenvalue weighted by molar-refractivity contribution is 5.88. The molecule has 0 aliphatic carbocycles. The van der Waals surface area contributed by atoms with E-state index in [1.54, 1.807) is 11.9 Å². The van der Waals surface area contributed by atoms with Crippen LogP contribution >= 0.6 is 0 Å². The zero-order chi connectivity index (χ0) is 14.4. The van der Waals surface area contributed by atoms with Crippen molar-refractivity contribution in [2.75, 3.05) is 26.7 Å². The van der Waals surface area contributed by atoms with Gasteiger partial charge < -0.3 is 15.4 Å². The minimum absolute atomic E-state index is 0.0358. The largest absolute Gasteiger partial charge is 0.483 e. The molecule has 2 aromatic carbocycles. The molecule has 0 radical (unpaired) electrons. The maximum atomic E-state index is 11.9. The fourth-order valence-corrected chi connectivity index (χ4v) is 2.02. The third-order valence-corrected chi connectivity index (χ3v) is 3.22. The lowest BCUT2D eigenvalue weighted by molar-refractivity contribution is -0.132. The molecule has 4 nitrogen and oxygen atoms in total. The van der Waals surface area contributed by atoms with E-state index in [0.717, 1.165) is 22.9 Å². The van der Waals surface area contributed by atoms with E-state index in [0.29, 0.717) is 13.1 Å². The van der Waals surface area contributed by atoms with Crippen molar-refractivity contribution in [2.24, 2.45) is 5.73 Å². The molecular weight excluding hydrogens is 252 g/mol. The van der Waals surface area contributed by atoms with E-state index >= 15 is 0 Å². The zero-order valence-electron chi connectivity index (χ0n) is 11.7. The molecule has 106 valence electrons. The zero-order valence-corrected chi connectivity index (χ0v) is 11.7. The molecule has 2 N–H and O–H groups in total. The highest BCUT2D eigenvalue weighted by Gasteiger charge is 2.10. The van der Waals surface area contributed by atoms with Gasteiger partial charge in [0, 0.05) is 19.0 Å². The SMILES string of the molecule is CN(CCCN)C(=O)COc1cccc2ccccc12. The monoisotopic (exact) mass is 272 g/mol. The summed E-state index contributed by atoms with van der Waals surface area (Å²) in [7, 11) is 1.77. The number of fused-ring (bicyclic) bond motifs is 1. The lowest BCUT2D eigenvalue weighted by atomic mass is 10.1. The first-order chi connectivity index (χ1) is 9.72. The number of amides is 1. The summed E-state index contributed by atoms with van der Waals surface area (Å²) in [5.41, 5.74) is 5.43. The molecule has 0 unspecified atom stereocenters. The van der Waals surface area contributed by atoms with Crippen LogP contribution in [-0.2, 0) is 4.79 Å². The molecule has 1 amide bonds. The second-order valence-corrected chi connectivity index (χ2v) is 4.72. The summed E-state index contributed by atoms with van der Waals surface area (Å²) in [6.07, 6.45) is 0.802. The van der Waals surface area contributed by atoms with Gasteiger partial charge in [-0.05, 0) is 24.4 Å². The molecule has 0 aliphatic rings. The number of carbonyl (C=O) groups excluding carboxylic acids is 1. The number of nitrogens with zero attached hydrogens (tertiary/aromatic N) is 1. The van der Waals surface area contributed by atoms with Gasteiger partial charge in [-0.1, -0.05) is 36.4 Å². The molecule has 0 fully saturated rings. The second kappa shape index (κ2) is 6.91. The van der Waals surface area contributed by atoms with E-state index in [1.807, 2.05) is 42.5 Å². The van der Waals surface area contributed by atoms with Crippen LogP contribution in [0.25, 0.3) is 10.8 Å². The van der Waals surface area contributed by atoms with Crippen molar-refractivity contribution in [1.82, 2.24) is 4.90 Å². The Labute approximate surface area is 119 Å². The first kappa shape index (κ1) is 14.3. The van der Waals surface area contributed by atoms with Gasteiger partial charge in [-0.15, -0.1) is 0 Å². The van der Waals surface area contributed by atoms with Crippen LogP contribution in [-0.4, -0.2) is 37.6 Å². The van der Waals surface area contributed by atoms with Gasteiger partial charge in [0.25, 0.3) is 5.91 Å². The van der Waals surface area contributed by atoms with Gasteiger partial charge in [0.2, 0.25) is 0 Å². The Morgan fingerprint density at radius 1 is 1.20 bits per heavy atom. The number of ether oxygens (including phenoxy) is 1. The van der Waals surface area contributed by atoms with Gasteiger partial charge in [-0.25, -0.2) is 0 Å². The van der Waals surface area contributed by atoms with Crippen molar-refractivity contribution in [3.8, 4) is 5.75 Å². The van der Waals surface area contributed by atoms with Crippen LogP contribution in [0.5, 0.6) is 5.75 Å². The predicted molar refractivity (Wildman–Crippen MR) is 80.8 cm³/mol. The molecule has 20 heavy (non-hydrogen) atoms. The van der Waals surface area contributed by atoms with Gasteiger partial charge in [0.05, 0.1) is 0 Å². The Hall–Kier alpha value is -2.07. The fraction of sp³-hybridized carbons (Fsp3) is 0.312.